The fourth-order valence-corrected chi connectivity index (χ4v) is 3.84. The Labute approximate surface area is 154 Å². The van der Waals surface area contributed by atoms with E-state index in [1.807, 2.05) is 13.0 Å². The summed E-state index contributed by atoms with van der Waals surface area (Å²) in [6, 6.07) is 2.16. The molecule has 138 valence electrons. The molecule has 25 heavy (non-hydrogen) atoms. The van der Waals surface area contributed by atoms with E-state index in [9.17, 15) is 9.59 Å². The average molecular weight is 367 g/mol. The van der Waals surface area contributed by atoms with Crippen LogP contribution in [-0.4, -0.2) is 35.9 Å². The van der Waals surface area contributed by atoms with Crippen LogP contribution in [0, 0.1) is 12.8 Å². The summed E-state index contributed by atoms with van der Waals surface area (Å²) in [4.78, 5) is 31.6. The minimum atomic E-state index is -0.842. The molecule has 0 amide bonds. The number of ketones is 1. The zero-order chi connectivity index (χ0) is 18.6. The molecule has 1 aromatic rings. The lowest BCUT2D eigenvalue weighted by Gasteiger charge is -2.40. The number of hydrogen-bond donors (Lipinski definition) is 0. The van der Waals surface area contributed by atoms with Gasteiger partial charge in [-0.3, -0.25) is 9.59 Å². The normalized spacial score (nSPS) is 17.0. The molecular weight excluding hydrogens is 340 g/mol. The number of ether oxygens (including phenoxy) is 1. The number of pyridine rings is 1. The molecule has 1 aromatic heterocycles. The summed E-state index contributed by atoms with van der Waals surface area (Å²) in [5, 5.41) is 0.172. The number of Topliss-reactive ketones (excluding diaryl/α,β-unsaturated/α-hetero) is 1. The van der Waals surface area contributed by atoms with Crippen LogP contribution in [0.4, 0.5) is 5.69 Å². The quantitative estimate of drug-likeness (QED) is 0.411. The van der Waals surface area contributed by atoms with E-state index in [1.54, 1.807) is 6.92 Å². The van der Waals surface area contributed by atoms with E-state index in [1.165, 1.54) is 0 Å². The van der Waals surface area contributed by atoms with Crippen molar-refractivity contribution in [3.05, 3.63) is 22.5 Å². The molecule has 0 aliphatic carbocycles. The number of fused-ring (bicyclic) bond motifs is 1. The fraction of sp³-hybridized carbons (Fsp3) is 0.632. The lowest BCUT2D eigenvalue weighted by molar-refractivity contribution is -0.146. The van der Waals surface area contributed by atoms with Crippen molar-refractivity contribution in [1.82, 2.24) is 4.98 Å². The fourth-order valence-electron chi connectivity index (χ4n) is 3.52. The third-order valence-corrected chi connectivity index (χ3v) is 4.86. The van der Waals surface area contributed by atoms with Crippen molar-refractivity contribution >= 4 is 29.0 Å². The van der Waals surface area contributed by atoms with E-state index < -0.39 is 11.9 Å². The zero-order valence-electron chi connectivity index (χ0n) is 15.5. The number of esters is 1. The average Bonchev–Trinajstić information content (AvgIpc) is 2.54. The van der Waals surface area contributed by atoms with Gasteiger partial charge in [0.15, 0.2) is 5.78 Å². The highest BCUT2D eigenvalue weighted by Crippen LogP contribution is 2.37. The Kier molecular flexibility index (Phi) is 6.82. The Balaban J connectivity index is 2.53. The van der Waals surface area contributed by atoms with Crippen LogP contribution in [0.1, 0.15) is 62.5 Å². The molecule has 1 aliphatic rings. The van der Waals surface area contributed by atoms with Gasteiger partial charge in [0, 0.05) is 18.3 Å². The second-order valence-electron chi connectivity index (χ2n) is 6.50. The number of rotatable bonds is 7. The first-order chi connectivity index (χ1) is 11.9. The molecule has 6 heteroatoms. The number of carbonyl (C=O) groups excluding carboxylic acids is 2. The monoisotopic (exact) mass is 366 g/mol. The largest absolute Gasteiger partial charge is 0.465 e. The molecule has 0 aromatic carbocycles. The van der Waals surface area contributed by atoms with E-state index >= 15 is 0 Å². The van der Waals surface area contributed by atoms with Crippen LogP contribution < -0.4 is 4.90 Å². The van der Waals surface area contributed by atoms with Gasteiger partial charge in [0.2, 0.25) is 0 Å². The first-order valence-electron chi connectivity index (χ1n) is 9.09. The molecule has 0 bridgehead atoms. The van der Waals surface area contributed by atoms with Crippen LogP contribution in [0.3, 0.4) is 0 Å². The first kappa shape index (κ1) is 19.7. The van der Waals surface area contributed by atoms with Crippen molar-refractivity contribution in [2.24, 2.45) is 5.92 Å². The minimum Gasteiger partial charge on any atom is -0.465 e. The number of aryl methyl sites for hydroxylation is 1. The van der Waals surface area contributed by atoms with Gasteiger partial charge in [-0.15, -0.1) is 0 Å². The van der Waals surface area contributed by atoms with Gasteiger partial charge in [-0.2, -0.15) is 0 Å². The molecule has 2 heterocycles. The second kappa shape index (κ2) is 8.65. The molecular formula is C19H27ClN2O3. The number of carbonyl (C=O) groups is 2. The van der Waals surface area contributed by atoms with Crippen molar-refractivity contribution < 1.29 is 14.3 Å². The molecule has 1 aliphatic heterocycles. The van der Waals surface area contributed by atoms with Gasteiger partial charge in [-0.05, 0) is 32.8 Å². The standard InChI is InChI=1S/C19H27ClN2O3/c1-5-8-13(9-6-2)22-11-14(19(24)25-7-3)17(23)16-15(22)10-12(4)21-18(16)20/h10,13-14H,5-9,11H2,1-4H3. The molecule has 0 N–H and O–H groups in total. The van der Waals surface area contributed by atoms with Crippen LogP contribution in [0.2, 0.25) is 5.15 Å². The van der Waals surface area contributed by atoms with Crippen LogP contribution in [0.5, 0.6) is 0 Å². The summed E-state index contributed by atoms with van der Waals surface area (Å²) in [7, 11) is 0. The number of nitrogens with zero attached hydrogens (tertiary/aromatic N) is 2. The molecule has 0 spiro atoms. The van der Waals surface area contributed by atoms with Gasteiger partial charge in [0.1, 0.15) is 11.1 Å². The van der Waals surface area contributed by atoms with Crippen molar-refractivity contribution in [3.8, 4) is 0 Å². The Morgan fingerprint density at radius 2 is 2.00 bits per heavy atom. The SMILES string of the molecule is CCCC(CCC)N1CC(C(=O)OCC)C(=O)c2c1cc(C)nc2Cl. The molecule has 0 saturated carbocycles. The van der Waals surface area contributed by atoms with Crippen molar-refractivity contribution in [2.75, 3.05) is 18.1 Å². The Morgan fingerprint density at radius 3 is 2.56 bits per heavy atom. The first-order valence-corrected chi connectivity index (χ1v) is 9.46. The predicted octanol–water partition coefficient (Wildman–Crippen LogP) is 4.19. The van der Waals surface area contributed by atoms with Gasteiger partial charge in [0.05, 0.1) is 17.9 Å². The summed E-state index contributed by atoms with van der Waals surface area (Å²) >= 11 is 6.30. The third-order valence-electron chi connectivity index (χ3n) is 4.59. The Bertz CT molecular complexity index is 642. The summed E-state index contributed by atoms with van der Waals surface area (Å²) in [5.74, 6) is -1.61. The van der Waals surface area contributed by atoms with Crippen LogP contribution in [0.15, 0.2) is 6.07 Å². The van der Waals surface area contributed by atoms with Crippen molar-refractivity contribution in [3.63, 3.8) is 0 Å². The molecule has 0 radical (unpaired) electrons. The van der Waals surface area contributed by atoms with E-state index in [2.05, 4.69) is 23.7 Å². The number of anilines is 1. The maximum Gasteiger partial charge on any atom is 0.318 e. The maximum atomic E-state index is 12.9. The highest BCUT2D eigenvalue weighted by molar-refractivity contribution is 6.34. The molecule has 1 unspecified atom stereocenters. The second-order valence-corrected chi connectivity index (χ2v) is 6.86. The van der Waals surface area contributed by atoms with Crippen LogP contribution in [-0.2, 0) is 9.53 Å². The molecule has 1 atom stereocenters. The zero-order valence-corrected chi connectivity index (χ0v) is 16.2. The van der Waals surface area contributed by atoms with Gasteiger partial charge in [-0.25, -0.2) is 4.98 Å². The van der Waals surface area contributed by atoms with E-state index in [-0.39, 0.29) is 23.6 Å². The van der Waals surface area contributed by atoms with Gasteiger partial charge in [-0.1, -0.05) is 38.3 Å². The lowest BCUT2D eigenvalue weighted by Crippen LogP contribution is -2.48. The lowest BCUT2D eigenvalue weighted by atomic mass is 9.89. The summed E-state index contributed by atoms with van der Waals surface area (Å²) < 4.78 is 5.13. The highest BCUT2D eigenvalue weighted by atomic mass is 35.5. The number of aromatic nitrogens is 1. The highest BCUT2D eigenvalue weighted by Gasteiger charge is 2.41. The van der Waals surface area contributed by atoms with Crippen molar-refractivity contribution in [1.29, 1.82) is 0 Å². The number of hydrogen-bond acceptors (Lipinski definition) is 5. The Morgan fingerprint density at radius 1 is 1.36 bits per heavy atom. The number of halogens is 1. The summed E-state index contributed by atoms with van der Waals surface area (Å²) in [6.45, 7) is 8.49. The summed E-state index contributed by atoms with van der Waals surface area (Å²) in [6.07, 6.45) is 4.06. The predicted molar refractivity (Wildman–Crippen MR) is 99.4 cm³/mol. The van der Waals surface area contributed by atoms with Gasteiger partial charge >= 0.3 is 5.97 Å². The van der Waals surface area contributed by atoms with Gasteiger partial charge in [0.25, 0.3) is 0 Å². The minimum absolute atomic E-state index is 0.172. The topological polar surface area (TPSA) is 59.5 Å². The maximum absolute atomic E-state index is 12.9. The smallest absolute Gasteiger partial charge is 0.318 e. The van der Waals surface area contributed by atoms with E-state index in [0.717, 1.165) is 37.1 Å². The van der Waals surface area contributed by atoms with Crippen LogP contribution >= 0.6 is 11.6 Å². The molecule has 0 fully saturated rings. The third kappa shape index (κ3) is 4.14. The molecule has 0 saturated heterocycles. The van der Waals surface area contributed by atoms with E-state index in [0.29, 0.717) is 12.1 Å². The van der Waals surface area contributed by atoms with E-state index in [4.69, 9.17) is 16.3 Å². The van der Waals surface area contributed by atoms with Gasteiger partial charge < -0.3 is 9.64 Å². The molecule has 5 nitrogen and oxygen atoms in total. The van der Waals surface area contributed by atoms with Crippen LogP contribution in [0.25, 0.3) is 0 Å². The molecule has 2 rings (SSSR count). The Hall–Kier alpha value is -1.62. The van der Waals surface area contributed by atoms with Crippen molar-refractivity contribution in [2.45, 2.75) is 59.4 Å². The summed E-state index contributed by atoms with van der Waals surface area (Å²) in [5.41, 5.74) is 1.92.